The first-order valence-electron chi connectivity index (χ1n) is 14.4. The second kappa shape index (κ2) is 10.7. The predicted octanol–water partition coefficient (Wildman–Crippen LogP) is 5.81. The van der Waals surface area contributed by atoms with E-state index in [4.69, 9.17) is 27.9 Å². The van der Waals surface area contributed by atoms with Gasteiger partial charge in [0, 0.05) is 11.1 Å². The van der Waals surface area contributed by atoms with Crippen molar-refractivity contribution in [1.82, 2.24) is 10.0 Å². The van der Waals surface area contributed by atoms with E-state index < -0.39 is 47.9 Å². The van der Waals surface area contributed by atoms with Gasteiger partial charge < -0.3 is 4.74 Å². The van der Waals surface area contributed by atoms with Crippen LogP contribution in [0.1, 0.15) is 43.1 Å². The third kappa shape index (κ3) is 4.73. The number of aryl methyl sites for hydroxylation is 1. The molecule has 6 atom stereocenters. The summed E-state index contributed by atoms with van der Waals surface area (Å²) in [5, 5.41) is 2.17. The van der Waals surface area contributed by atoms with Gasteiger partial charge in [0.15, 0.2) is 5.78 Å². The van der Waals surface area contributed by atoms with Crippen LogP contribution >= 0.6 is 23.2 Å². The summed E-state index contributed by atoms with van der Waals surface area (Å²) in [5.74, 6) is -2.96. The van der Waals surface area contributed by atoms with E-state index in [0.29, 0.717) is 17.4 Å². The fraction of sp³-hybridized carbons (Fsp3) is 0.265. The third-order valence-electron chi connectivity index (χ3n) is 9.25. The maximum absolute atomic E-state index is 13.9. The number of imide groups is 1. The molecule has 0 N–H and O–H groups in total. The Morgan fingerprint density at radius 1 is 0.795 bits per heavy atom. The van der Waals surface area contributed by atoms with Crippen LogP contribution in [0.4, 0.5) is 0 Å². The minimum absolute atomic E-state index is 0.0516. The van der Waals surface area contributed by atoms with Crippen LogP contribution in [0.5, 0.6) is 5.75 Å². The van der Waals surface area contributed by atoms with Crippen molar-refractivity contribution in [2.24, 2.45) is 35.5 Å². The van der Waals surface area contributed by atoms with E-state index >= 15 is 0 Å². The lowest BCUT2D eigenvalue weighted by atomic mass is 9.63. The Labute approximate surface area is 263 Å². The standard InChI is InChI=1S/C34H26Cl2N2O6/c1-17-2-4-19(5-3-17)34(43)44-21-9-6-18(7-10-21)28(39)16-37(31(40)20-8-13-26(35)27(36)14-20)38-32(41)29-22-11-12-23(25-15-24(22)25)30(29)33(38)42/h2-14,22-25,29-30H,15-16H2,1H3/t22-,23-,24-,25-,29-,30+/m0/s1. The fourth-order valence-corrected chi connectivity index (χ4v) is 7.28. The molecule has 8 rings (SSSR count). The predicted molar refractivity (Wildman–Crippen MR) is 161 cm³/mol. The fourth-order valence-electron chi connectivity index (χ4n) is 6.98. The van der Waals surface area contributed by atoms with E-state index in [1.54, 1.807) is 24.3 Å². The number of carbonyl (C=O) groups excluding carboxylic acids is 5. The summed E-state index contributed by atoms with van der Waals surface area (Å²) in [5.41, 5.74) is 1.66. The molecule has 2 saturated carbocycles. The first-order chi connectivity index (χ1) is 21.1. The van der Waals surface area contributed by atoms with Crippen LogP contribution in [0.2, 0.25) is 10.0 Å². The second-order valence-corrected chi connectivity index (χ2v) is 12.7. The molecule has 1 heterocycles. The first kappa shape index (κ1) is 28.5. The number of hydrogen-bond donors (Lipinski definition) is 0. The topological polar surface area (TPSA) is 101 Å². The van der Waals surface area contributed by atoms with Gasteiger partial charge in [-0.05, 0) is 91.6 Å². The number of esters is 1. The number of amides is 3. The second-order valence-electron chi connectivity index (χ2n) is 11.8. The molecule has 0 radical (unpaired) electrons. The highest BCUT2D eigenvalue weighted by Crippen LogP contribution is 2.65. The minimum atomic E-state index is -0.730. The lowest BCUT2D eigenvalue weighted by Crippen LogP contribution is -2.52. The molecular weight excluding hydrogens is 603 g/mol. The molecule has 1 aliphatic heterocycles. The molecule has 1 saturated heterocycles. The molecule has 5 aliphatic rings. The van der Waals surface area contributed by atoms with Crippen LogP contribution < -0.4 is 4.74 Å². The van der Waals surface area contributed by atoms with Crippen molar-refractivity contribution >= 4 is 52.7 Å². The van der Waals surface area contributed by atoms with Gasteiger partial charge in [0.2, 0.25) is 0 Å². The van der Waals surface area contributed by atoms with Crippen LogP contribution in [0.15, 0.2) is 78.9 Å². The zero-order valence-electron chi connectivity index (χ0n) is 23.5. The smallest absolute Gasteiger partial charge is 0.343 e. The Hall–Kier alpha value is -4.27. The zero-order valence-corrected chi connectivity index (χ0v) is 25.0. The summed E-state index contributed by atoms with van der Waals surface area (Å²) in [6.45, 7) is 1.34. The maximum atomic E-state index is 13.9. The SMILES string of the molecule is Cc1ccc(C(=O)Oc2ccc(C(=O)CN(C(=O)c3ccc(Cl)c(Cl)c3)N3C(=O)[C@@H]4[C@H]5C=C[C@@H]([C@@H]6C[C@@H]56)[C@@H]4C3=O)cc2)cc1. The van der Waals surface area contributed by atoms with E-state index in [2.05, 4.69) is 0 Å². The highest BCUT2D eigenvalue weighted by atomic mass is 35.5. The van der Waals surface area contributed by atoms with Crippen molar-refractivity contribution in [3.05, 3.63) is 111 Å². The van der Waals surface area contributed by atoms with Gasteiger partial charge in [0.05, 0.1) is 27.4 Å². The molecule has 0 spiro atoms. The number of Topliss-reactive ketones (excluding diaryl/α,β-unsaturated/α-hetero) is 1. The van der Waals surface area contributed by atoms with Crippen molar-refractivity contribution in [2.75, 3.05) is 6.54 Å². The molecule has 0 aromatic heterocycles. The van der Waals surface area contributed by atoms with Crippen LogP contribution in [0.25, 0.3) is 0 Å². The molecule has 3 aromatic rings. The molecule has 8 nitrogen and oxygen atoms in total. The van der Waals surface area contributed by atoms with Gasteiger partial charge in [0.25, 0.3) is 17.7 Å². The molecular formula is C34H26Cl2N2O6. The van der Waals surface area contributed by atoms with Crippen LogP contribution in [-0.4, -0.2) is 46.0 Å². The molecule has 0 unspecified atom stereocenters. The van der Waals surface area contributed by atoms with Gasteiger partial charge in [-0.15, -0.1) is 0 Å². The molecule has 44 heavy (non-hydrogen) atoms. The number of hydrogen-bond acceptors (Lipinski definition) is 6. The lowest BCUT2D eigenvalue weighted by Gasteiger charge is -2.37. The number of ether oxygens (including phenoxy) is 1. The van der Waals surface area contributed by atoms with Crippen LogP contribution in [0.3, 0.4) is 0 Å². The summed E-state index contributed by atoms with van der Waals surface area (Å²) in [6, 6.07) is 17.0. The molecule has 4 aliphatic carbocycles. The maximum Gasteiger partial charge on any atom is 0.343 e. The Morgan fingerprint density at radius 2 is 1.36 bits per heavy atom. The lowest BCUT2D eigenvalue weighted by molar-refractivity contribution is -0.154. The average Bonchev–Trinajstić information content (AvgIpc) is 3.80. The monoisotopic (exact) mass is 628 g/mol. The van der Waals surface area contributed by atoms with Crippen LogP contribution in [0, 0.1) is 42.4 Å². The van der Waals surface area contributed by atoms with E-state index in [1.165, 1.54) is 42.5 Å². The highest BCUT2D eigenvalue weighted by molar-refractivity contribution is 6.42. The van der Waals surface area contributed by atoms with Gasteiger partial charge >= 0.3 is 5.97 Å². The largest absolute Gasteiger partial charge is 0.423 e. The number of rotatable bonds is 7. The van der Waals surface area contributed by atoms with E-state index in [-0.39, 0.29) is 38.8 Å². The Morgan fingerprint density at radius 3 is 1.95 bits per heavy atom. The summed E-state index contributed by atoms with van der Waals surface area (Å²) in [4.78, 5) is 67.7. The molecule has 2 bridgehead atoms. The van der Waals surface area contributed by atoms with Gasteiger partial charge in [-0.25, -0.2) is 9.80 Å². The van der Waals surface area contributed by atoms with Crippen LogP contribution in [-0.2, 0) is 9.59 Å². The van der Waals surface area contributed by atoms with Crippen molar-refractivity contribution in [2.45, 2.75) is 13.3 Å². The Balaban J connectivity index is 1.15. The van der Waals surface area contributed by atoms with E-state index in [9.17, 15) is 24.0 Å². The molecule has 3 aromatic carbocycles. The molecule has 3 fully saturated rings. The number of hydrazine groups is 1. The van der Waals surface area contributed by atoms with E-state index in [1.807, 2.05) is 19.1 Å². The molecule has 3 amide bonds. The Bertz CT molecular complexity index is 1730. The van der Waals surface area contributed by atoms with Gasteiger partial charge in [-0.1, -0.05) is 53.1 Å². The minimum Gasteiger partial charge on any atom is -0.423 e. The van der Waals surface area contributed by atoms with Crippen molar-refractivity contribution in [1.29, 1.82) is 0 Å². The van der Waals surface area contributed by atoms with Crippen molar-refractivity contribution in [3.8, 4) is 5.75 Å². The highest BCUT2D eigenvalue weighted by Gasteiger charge is 2.68. The summed E-state index contributed by atoms with van der Waals surface area (Å²) < 4.78 is 5.43. The molecule has 10 heteroatoms. The van der Waals surface area contributed by atoms with Crippen molar-refractivity contribution < 1.29 is 28.7 Å². The third-order valence-corrected chi connectivity index (χ3v) is 9.99. The van der Waals surface area contributed by atoms with Gasteiger partial charge in [-0.3, -0.25) is 19.2 Å². The quantitative estimate of drug-likeness (QED) is 0.108. The number of carbonyl (C=O) groups is 5. The normalized spacial score (nSPS) is 25.8. The number of ketones is 1. The first-order valence-corrected chi connectivity index (χ1v) is 15.1. The van der Waals surface area contributed by atoms with Gasteiger partial charge in [0.1, 0.15) is 12.3 Å². The summed E-state index contributed by atoms with van der Waals surface area (Å²) in [6.07, 6.45) is 5.08. The summed E-state index contributed by atoms with van der Waals surface area (Å²) in [7, 11) is 0. The summed E-state index contributed by atoms with van der Waals surface area (Å²) >= 11 is 12.2. The molecule has 222 valence electrons. The van der Waals surface area contributed by atoms with E-state index in [0.717, 1.165) is 22.0 Å². The Kier molecular flexibility index (Phi) is 6.94. The number of nitrogens with zero attached hydrogens (tertiary/aromatic N) is 2. The van der Waals surface area contributed by atoms with Gasteiger partial charge in [-0.2, -0.15) is 5.01 Å². The number of benzene rings is 3. The number of allylic oxidation sites excluding steroid dienone is 2. The average molecular weight is 629 g/mol. The number of halogens is 2. The van der Waals surface area contributed by atoms with Crippen molar-refractivity contribution in [3.63, 3.8) is 0 Å². The zero-order chi connectivity index (χ0) is 30.9.